The van der Waals surface area contributed by atoms with Crippen LogP contribution in [0.15, 0.2) is 42.5 Å². The zero-order valence-electron chi connectivity index (χ0n) is 20.9. The molecule has 1 unspecified atom stereocenters. The Morgan fingerprint density at radius 2 is 1.80 bits per heavy atom. The van der Waals surface area contributed by atoms with Crippen LogP contribution in [0.5, 0.6) is 5.75 Å². The van der Waals surface area contributed by atoms with Gasteiger partial charge in [0.05, 0.1) is 19.1 Å². The van der Waals surface area contributed by atoms with Gasteiger partial charge in [-0.15, -0.1) is 0 Å². The van der Waals surface area contributed by atoms with Gasteiger partial charge in [0.2, 0.25) is 21.8 Å². The molecule has 0 aliphatic rings. The van der Waals surface area contributed by atoms with Crippen LogP contribution in [0.4, 0.5) is 10.1 Å². The summed E-state index contributed by atoms with van der Waals surface area (Å²) in [5, 5.41) is 2.81. The Labute approximate surface area is 207 Å². The van der Waals surface area contributed by atoms with Crippen molar-refractivity contribution in [3.63, 3.8) is 0 Å². The largest absolute Gasteiger partial charge is 0.495 e. The van der Waals surface area contributed by atoms with Gasteiger partial charge >= 0.3 is 0 Å². The lowest BCUT2D eigenvalue weighted by Crippen LogP contribution is -2.51. The minimum Gasteiger partial charge on any atom is -0.495 e. The van der Waals surface area contributed by atoms with Crippen LogP contribution in [0.2, 0.25) is 0 Å². The number of carbonyl (C=O) groups is 2. The molecule has 0 heterocycles. The smallest absolute Gasteiger partial charge is 0.244 e. The SMILES string of the molecule is CCCCNC(=O)C(C)N(Cc1ccc(F)cc1)C(=O)CN(c1cc(C)ccc1OC)S(C)(=O)=O. The van der Waals surface area contributed by atoms with E-state index in [1.165, 1.54) is 36.3 Å². The van der Waals surface area contributed by atoms with E-state index in [0.29, 0.717) is 17.9 Å². The average Bonchev–Trinajstić information content (AvgIpc) is 2.80. The lowest BCUT2D eigenvalue weighted by atomic mass is 10.1. The highest BCUT2D eigenvalue weighted by atomic mass is 32.2. The number of rotatable bonds is 12. The molecule has 2 amide bonds. The van der Waals surface area contributed by atoms with Crippen LogP contribution in [0.3, 0.4) is 0 Å². The topological polar surface area (TPSA) is 96.0 Å². The predicted molar refractivity (Wildman–Crippen MR) is 134 cm³/mol. The third-order valence-corrected chi connectivity index (χ3v) is 6.67. The van der Waals surface area contributed by atoms with E-state index in [1.54, 1.807) is 32.0 Å². The fraction of sp³-hybridized carbons (Fsp3) is 0.440. The van der Waals surface area contributed by atoms with E-state index in [4.69, 9.17) is 4.74 Å². The number of methoxy groups -OCH3 is 1. The molecular weight excluding hydrogens is 473 g/mol. The van der Waals surface area contributed by atoms with Gasteiger partial charge in [-0.2, -0.15) is 0 Å². The van der Waals surface area contributed by atoms with Crippen molar-refractivity contribution in [3.05, 3.63) is 59.4 Å². The molecule has 10 heteroatoms. The van der Waals surface area contributed by atoms with Crippen molar-refractivity contribution in [3.8, 4) is 5.75 Å². The monoisotopic (exact) mass is 507 g/mol. The first-order valence-electron chi connectivity index (χ1n) is 11.4. The number of sulfonamides is 1. The Kier molecular flexibility index (Phi) is 10.1. The number of aryl methyl sites for hydroxylation is 1. The number of benzene rings is 2. The summed E-state index contributed by atoms with van der Waals surface area (Å²) in [6.45, 7) is 5.32. The summed E-state index contributed by atoms with van der Waals surface area (Å²) in [6, 6.07) is 9.73. The second-order valence-corrected chi connectivity index (χ2v) is 10.3. The maximum atomic E-state index is 13.5. The quantitative estimate of drug-likeness (QED) is 0.445. The molecule has 0 saturated heterocycles. The lowest BCUT2D eigenvalue weighted by Gasteiger charge is -2.32. The zero-order chi connectivity index (χ0) is 26.2. The zero-order valence-corrected chi connectivity index (χ0v) is 21.7. The minimum atomic E-state index is -3.88. The second kappa shape index (κ2) is 12.5. The second-order valence-electron chi connectivity index (χ2n) is 8.41. The van der Waals surface area contributed by atoms with Crippen molar-refractivity contribution >= 4 is 27.5 Å². The summed E-state index contributed by atoms with van der Waals surface area (Å²) in [5.41, 5.74) is 1.62. The van der Waals surface area contributed by atoms with Gasteiger partial charge in [-0.3, -0.25) is 13.9 Å². The summed E-state index contributed by atoms with van der Waals surface area (Å²) >= 11 is 0. The highest BCUT2D eigenvalue weighted by Gasteiger charge is 2.31. The van der Waals surface area contributed by atoms with E-state index >= 15 is 0 Å². The fourth-order valence-electron chi connectivity index (χ4n) is 3.49. The van der Waals surface area contributed by atoms with Crippen molar-refractivity contribution in [1.29, 1.82) is 0 Å². The van der Waals surface area contributed by atoms with Crippen LogP contribution < -0.4 is 14.4 Å². The van der Waals surface area contributed by atoms with Gasteiger partial charge in [0, 0.05) is 13.1 Å². The molecule has 2 aromatic rings. The van der Waals surface area contributed by atoms with Crippen molar-refractivity contribution in [2.75, 3.05) is 30.8 Å². The molecule has 0 aromatic heterocycles. The van der Waals surface area contributed by atoms with Gasteiger partial charge in [0.15, 0.2) is 0 Å². The number of nitrogens with one attached hydrogen (secondary N) is 1. The molecule has 192 valence electrons. The van der Waals surface area contributed by atoms with Crippen LogP contribution in [0.1, 0.15) is 37.8 Å². The number of carbonyl (C=O) groups excluding carboxylic acids is 2. The molecule has 8 nitrogen and oxygen atoms in total. The number of unbranched alkanes of at least 4 members (excludes halogenated alkanes) is 1. The number of anilines is 1. The fourth-order valence-corrected chi connectivity index (χ4v) is 4.34. The van der Waals surface area contributed by atoms with Crippen LogP contribution in [0, 0.1) is 12.7 Å². The third kappa shape index (κ3) is 7.95. The molecule has 0 fully saturated rings. The van der Waals surface area contributed by atoms with Crippen LogP contribution in [0.25, 0.3) is 0 Å². The molecule has 1 N–H and O–H groups in total. The predicted octanol–water partition coefficient (Wildman–Crippen LogP) is 3.24. The Bertz CT molecular complexity index is 1120. The van der Waals surface area contributed by atoms with Crippen LogP contribution >= 0.6 is 0 Å². The molecule has 0 saturated carbocycles. The number of hydrogen-bond acceptors (Lipinski definition) is 5. The molecule has 1 atom stereocenters. The Hall–Kier alpha value is -3.14. The summed E-state index contributed by atoms with van der Waals surface area (Å²) in [6.07, 6.45) is 2.70. The van der Waals surface area contributed by atoms with Crippen molar-refractivity contribution in [2.45, 2.75) is 46.2 Å². The molecule has 2 rings (SSSR count). The van der Waals surface area contributed by atoms with Crippen LogP contribution in [-0.4, -0.2) is 57.6 Å². The summed E-state index contributed by atoms with van der Waals surface area (Å²) in [4.78, 5) is 27.6. The first-order chi connectivity index (χ1) is 16.5. The van der Waals surface area contributed by atoms with E-state index in [1.807, 2.05) is 6.92 Å². The number of hydrogen-bond donors (Lipinski definition) is 1. The van der Waals surface area contributed by atoms with Crippen molar-refractivity contribution < 1.29 is 27.1 Å². The van der Waals surface area contributed by atoms with E-state index in [9.17, 15) is 22.4 Å². The van der Waals surface area contributed by atoms with E-state index in [-0.39, 0.29) is 18.1 Å². The van der Waals surface area contributed by atoms with Gasteiger partial charge in [-0.25, -0.2) is 12.8 Å². The molecule has 0 aliphatic heterocycles. The molecule has 35 heavy (non-hydrogen) atoms. The standard InChI is InChI=1S/C25H34FN3O5S/c1-6-7-14-27-25(31)19(3)28(16-20-9-11-21(26)12-10-20)24(30)17-29(35(5,32)33)22-15-18(2)8-13-23(22)34-4/h8-13,15,19H,6-7,14,16-17H2,1-5H3,(H,27,31). The molecule has 2 aromatic carbocycles. The Morgan fingerprint density at radius 1 is 1.14 bits per heavy atom. The van der Waals surface area contributed by atoms with E-state index in [2.05, 4.69) is 5.32 Å². The minimum absolute atomic E-state index is 0.00400. The van der Waals surface area contributed by atoms with Crippen molar-refractivity contribution in [2.24, 2.45) is 0 Å². The van der Waals surface area contributed by atoms with E-state index in [0.717, 1.165) is 29.0 Å². The van der Waals surface area contributed by atoms with E-state index < -0.39 is 34.3 Å². The number of ether oxygens (including phenoxy) is 1. The summed E-state index contributed by atoms with van der Waals surface area (Å²) < 4.78 is 45.2. The Balaban J connectivity index is 2.41. The summed E-state index contributed by atoms with van der Waals surface area (Å²) in [7, 11) is -2.47. The Morgan fingerprint density at radius 3 is 2.37 bits per heavy atom. The van der Waals surface area contributed by atoms with Gasteiger partial charge < -0.3 is 15.0 Å². The number of halogens is 1. The average molecular weight is 508 g/mol. The maximum absolute atomic E-state index is 13.5. The third-order valence-electron chi connectivity index (χ3n) is 5.55. The molecule has 0 radical (unpaired) electrons. The molecule has 0 bridgehead atoms. The highest BCUT2D eigenvalue weighted by Crippen LogP contribution is 2.31. The van der Waals surface area contributed by atoms with Gasteiger partial charge in [-0.05, 0) is 55.7 Å². The van der Waals surface area contributed by atoms with Crippen LogP contribution in [-0.2, 0) is 26.2 Å². The first-order valence-corrected chi connectivity index (χ1v) is 13.3. The normalized spacial score (nSPS) is 12.1. The maximum Gasteiger partial charge on any atom is 0.244 e. The lowest BCUT2D eigenvalue weighted by molar-refractivity contribution is -0.139. The number of nitrogens with zero attached hydrogens (tertiary/aromatic N) is 2. The molecular formula is C25H34FN3O5S. The van der Waals surface area contributed by atoms with Gasteiger partial charge in [0.1, 0.15) is 24.2 Å². The summed E-state index contributed by atoms with van der Waals surface area (Å²) in [5.74, 6) is -1.06. The molecule has 0 aliphatic carbocycles. The first kappa shape index (κ1) is 28.1. The highest BCUT2D eigenvalue weighted by molar-refractivity contribution is 7.92. The van der Waals surface area contributed by atoms with Gasteiger partial charge in [-0.1, -0.05) is 31.5 Å². The van der Waals surface area contributed by atoms with Crippen molar-refractivity contribution in [1.82, 2.24) is 10.2 Å². The van der Waals surface area contributed by atoms with Gasteiger partial charge in [0.25, 0.3) is 0 Å². The number of amides is 2. The molecule has 0 spiro atoms.